The highest BCUT2D eigenvalue weighted by atomic mass is 32.1. The summed E-state index contributed by atoms with van der Waals surface area (Å²) in [4.78, 5) is 17.7. The first-order valence-corrected chi connectivity index (χ1v) is 8.02. The van der Waals surface area contributed by atoms with Crippen LogP contribution in [-0.2, 0) is 22.4 Å². The Kier molecular flexibility index (Phi) is 5.94. The van der Waals surface area contributed by atoms with Crippen LogP contribution in [0.5, 0.6) is 0 Å². The molecule has 1 aromatic rings. The lowest BCUT2D eigenvalue weighted by molar-refractivity contribution is -0.115. The van der Waals surface area contributed by atoms with E-state index >= 15 is 0 Å². The molecule has 0 aromatic carbocycles. The van der Waals surface area contributed by atoms with Gasteiger partial charge in [-0.05, 0) is 25.2 Å². The fourth-order valence-electron chi connectivity index (χ4n) is 2.38. The number of aryl methyl sites for hydroxylation is 1. The number of nitrogens with one attached hydrogen (secondary N) is 2. The molecule has 1 atom stereocenters. The van der Waals surface area contributed by atoms with Crippen molar-refractivity contribution in [3.63, 3.8) is 0 Å². The maximum atomic E-state index is 11.8. The normalized spacial score (nSPS) is 17.8. The predicted octanol–water partition coefficient (Wildman–Crippen LogP) is 1.83. The molecule has 2 rings (SSSR count). The van der Waals surface area contributed by atoms with Crippen LogP contribution in [0.4, 0.5) is 5.13 Å². The van der Waals surface area contributed by atoms with Gasteiger partial charge >= 0.3 is 0 Å². The fraction of sp³-hybridized carbons (Fsp3) is 0.714. The zero-order valence-corrected chi connectivity index (χ0v) is 13.0. The maximum Gasteiger partial charge on any atom is 0.240 e. The lowest BCUT2D eigenvalue weighted by Crippen LogP contribution is -2.30. The van der Waals surface area contributed by atoms with Crippen LogP contribution >= 0.6 is 11.3 Å². The van der Waals surface area contributed by atoms with Crippen molar-refractivity contribution in [3.8, 4) is 0 Å². The lowest BCUT2D eigenvalue weighted by Gasteiger charge is -2.18. The van der Waals surface area contributed by atoms with E-state index in [0.717, 1.165) is 23.9 Å². The van der Waals surface area contributed by atoms with E-state index in [2.05, 4.69) is 22.5 Å². The number of ether oxygens (including phenoxy) is 1. The summed E-state index contributed by atoms with van der Waals surface area (Å²) in [5.41, 5.74) is 1.18. The summed E-state index contributed by atoms with van der Waals surface area (Å²) in [6, 6.07) is 0. The number of fused-ring (bicyclic) bond motifs is 1. The molecule has 112 valence electrons. The Labute approximate surface area is 124 Å². The zero-order chi connectivity index (χ0) is 14.4. The second-order valence-electron chi connectivity index (χ2n) is 5.12. The molecular weight excluding hydrogens is 274 g/mol. The van der Waals surface area contributed by atoms with Gasteiger partial charge in [0.25, 0.3) is 0 Å². The molecule has 1 heterocycles. The number of carbonyl (C=O) groups is 1. The third-order valence-corrected chi connectivity index (χ3v) is 4.67. The molecule has 1 aromatic heterocycles. The van der Waals surface area contributed by atoms with Crippen molar-refractivity contribution in [1.82, 2.24) is 10.3 Å². The molecule has 2 N–H and O–H groups in total. The van der Waals surface area contributed by atoms with Crippen LogP contribution in [-0.4, -0.2) is 37.7 Å². The summed E-state index contributed by atoms with van der Waals surface area (Å²) in [6.07, 6.45) is 4.61. The second-order valence-corrected chi connectivity index (χ2v) is 6.21. The molecule has 0 fully saturated rings. The van der Waals surface area contributed by atoms with E-state index in [1.54, 1.807) is 18.4 Å². The Morgan fingerprint density at radius 1 is 1.55 bits per heavy atom. The molecule has 0 saturated carbocycles. The number of hydrogen-bond donors (Lipinski definition) is 2. The molecule has 1 amide bonds. The molecule has 20 heavy (non-hydrogen) atoms. The predicted molar refractivity (Wildman–Crippen MR) is 81.3 cm³/mol. The first kappa shape index (κ1) is 15.4. The van der Waals surface area contributed by atoms with E-state index in [1.165, 1.54) is 23.4 Å². The Hall–Kier alpha value is -0.980. The van der Waals surface area contributed by atoms with Gasteiger partial charge in [-0.1, -0.05) is 13.3 Å². The minimum atomic E-state index is -0.0424. The Bertz CT molecular complexity index is 448. The van der Waals surface area contributed by atoms with Crippen molar-refractivity contribution < 1.29 is 9.53 Å². The van der Waals surface area contributed by atoms with Crippen molar-refractivity contribution >= 4 is 22.4 Å². The number of thiazole rings is 1. The molecule has 1 aliphatic rings. The van der Waals surface area contributed by atoms with E-state index in [-0.39, 0.29) is 5.91 Å². The molecule has 5 nitrogen and oxygen atoms in total. The van der Waals surface area contributed by atoms with Gasteiger partial charge in [0, 0.05) is 18.5 Å². The maximum absolute atomic E-state index is 11.8. The lowest BCUT2D eigenvalue weighted by atomic mass is 9.89. The number of hydrogen-bond acceptors (Lipinski definition) is 5. The van der Waals surface area contributed by atoms with Gasteiger partial charge in [-0.15, -0.1) is 11.3 Å². The summed E-state index contributed by atoms with van der Waals surface area (Å²) >= 11 is 1.63. The van der Waals surface area contributed by atoms with E-state index < -0.39 is 0 Å². The third-order valence-electron chi connectivity index (χ3n) is 3.63. The number of nitrogens with zero attached hydrogens (tertiary/aromatic N) is 1. The number of anilines is 1. The molecular formula is C14H23N3O2S. The van der Waals surface area contributed by atoms with Gasteiger partial charge in [0.15, 0.2) is 5.13 Å². The Balaban J connectivity index is 1.82. The van der Waals surface area contributed by atoms with Crippen LogP contribution in [0, 0.1) is 5.92 Å². The molecule has 6 heteroatoms. The summed E-state index contributed by atoms with van der Waals surface area (Å²) in [5, 5.41) is 6.64. The highest BCUT2D eigenvalue weighted by molar-refractivity contribution is 7.15. The average molecular weight is 297 g/mol. The van der Waals surface area contributed by atoms with Crippen LogP contribution in [0.2, 0.25) is 0 Å². The number of carbonyl (C=O) groups excluding carboxylic acids is 1. The Morgan fingerprint density at radius 3 is 3.15 bits per heavy atom. The van der Waals surface area contributed by atoms with E-state index in [4.69, 9.17) is 4.74 Å². The van der Waals surface area contributed by atoms with Gasteiger partial charge in [-0.3, -0.25) is 4.79 Å². The first-order valence-electron chi connectivity index (χ1n) is 7.21. The van der Waals surface area contributed by atoms with Crippen molar-refractivity contribution in [1.29, 1.82) is 0 Å². The monoisotopic (exact) mass is 297 g/mol. The van der Waals surface area contributed by atoms with Crippen molar-refractivity contribution in [2.24, 2.45) is 5.92 Å². The average Bonchev–Trinajstić information content (AvgIpc) is 2.84. The Morgan fingerprint density at radius 2 is 2.40 bits per heavy atom. The van der Waals surface area contributed by atoms with Gasteiger partial charge in [-0.25, -0.2) is 4.98 Å². The highest BCUT2D eigenvalue weighted by Crippen LogP contribution is 2.33. The fourth-order valence-corrected chi connectivity index (χ4v) is 3.52. The largest absolute Gasteiger partial charge is 0.383 e. The summed E-state index contributed by atoms with van der Waals surface area (Å²) in [6.45, 7) is 3.82. The summed E-state index contributed by atoms with van der Waals surface area (Å²) in [7, 11) is 1.64. The number of methoxy groups -OCH3 is 1. The molecule has 1 aliphatic carbocycles. The second kappa shape index (κ2) is 7.71. The van der Waals surface area contributed by atoms with Crippen molar-refractivity contribution in [2.45, 2.75) is 32.6 Å². The van der Waals surface area contributed by atoms with Gasteiger partial charge in [0.2, 0.25) is 5.91 Å². The number of amides is 1. The molecule has 0 saturated heterocycles. The van der Waals surface area contributed by atoms with Crippen LogP contribution < -0.4 is 10.6 Å². The third kappa shape index (κ3) is 4.26. The highest BCUT2D eigenvalue weighted by Gasteiger charge is 2.21. The SMILES string of the molecule is CCC1CCc2nc(NC(=O)CNCCOC)sc2C1. The molecule has 0 aliphatic heterocycles. The van der Waals surface area contributed by atoms with E-state index in [9.17, 15) is 4.79 Å². The smallest absolute Gasteiger partial charge is 0.240 e. The minimum absolute atomic E-state index is 0.0424. The van der Waals surface area contributed by atoms with E-state index in [1.807, 2.05) is 0 Å². The number of rotatable bonds is 7. The van der Waals surface area contributed by atoms with Gasteiger partial charge in [-0.2, -0.15) is 0 Å². The van der Waals surface area contributed by atoms with Crippen LogP contribution in [0.3, 0.4) is 0 Å². The van der Waals surface area contributed by atoms with Gasteiger partial charge < -0.3 is 15.4 Å². The van der Waals surface area contributed by atoms with Gasteiger partial charge in [0.05, 0.1) is 18.8 Å². The van der Waals surface area contributed by atoms with Crippen LogP contribution in [0.15, 0.2) is 0 Å². The van der Waals surface area contributed by atoms with Crippen molar-refractivity contribution in [3.05, 3.63) is 10.6 Å². The molecule has 0 radical (unpaired) electrons. The number of aromatic nitrogens is 1. The van der Waals surface area contributed by atoms with Crippen molar-refractivity contribution in [2.75, 3.05) is 32.1 Å². The molecule has 0 spiro atoms. The summed E-state index contributed by atoms with van der Waals surface area (Å²) in [5.74, 6) is 0.737. The quantitative estimate of drug-likeness (QED) is 0.754. The van der Waals surface area contributed by atoms with Crippen LogP contribution in [0.1, 0.15) is 30.3 Å². The van der Waals surface area contributed by atoms with E-state index in [0.29, 0.717) is 19.7 Å². The van der Waals surface area contributed by atoms with Gasteiger partial charge in [0.1, 0.15) is 0 Å². The first-order chi connectivity index (χ1) is 9.72. The molecule has 0 bridgehead atoms. The molecule has 1 unspecified atom stereocenters. The minimum Gasteiger partial charge on any atom is -0.383 e. The summed E-state index contributed by atoms with van der Waals surface area (Å²) < 4.78 is 4.91. The van der Waals surface area contributed by atoms with Crippen LogP contribution in [0.25, 0.3) is 0 Å². The topological polar surface area (TPSA) is 63.2 Å². The zero-order valence-electron chi connectivity index (χ0n) is 12.2. The standard InChI is InChI=1S/C14H23N3O2S/c1-3-10-4-5-11-12(8-10)20-14(16-11)17-13(18)9-15-6-7-19-2/h10,15H,3-9H2,1-2H3,(H,16,17,18).